The molecule has 0 saturated carbocycles. The first-order chi connectivity index (χ1) is 7.70. The standard InChI is InChI=1S/C12H11FN2O/c1-8-6-9(13)2-3-11(8)12-14-5-4-10(7-16)15-12/h2-6,16H,7H2,1H3. The van der Waals surface area contributed by atoms with Gasteiger partial charge < -0.3 is 5.11 Å². The Morgan fingerprint density at radius 1 is 1.31 bits per heavy atom. The average molecular weight is 218 g/mol. The fraction of sp³-hybridized carbons (Fsp3) is 0.167. The highest BCUT2D eigenvalue weighted by atomic mass is 19.1. The van der Waals surface area contributed by atoms with E-state index < -0.39 is 0 Å². The molecule has 0 atom stereocenters. The van der Waals surface area contributed by atoms with Crippen molar-refractivity contribution < 1.29 is 9.50 Å². The highest BCUT2D eigenvalue weighted by Crippen LogP contribution is 2.20. The molecule has 1 aromatic heterocycles. The minimum Gasteiger partial charge on any atom is -0.390 e. The van der Waals surface area contributed by atoms with Crippen LogP contribution in [0.2, 0.25) is 0 Å². The summed E-state index contributed by atoms with van der Waals surface area (Å²) >= 11 is 0. The van der Waals surface area contributed by atoms with Crippen LogP contribution in [-0.2, 0) is 6.61 Å². The van der Waals surface area contributed by atoms with Gasteiger partial charge in [-0.3, -0.25) is 0 Å². The summed E-state index contributed by atoms with van der Waals surface area (Å²) in [6.45, 7) is 1.67. The lowest BCUT2D eigenvalue weighted by molar-refractivity contribution is 0.277. The number of rotatable bonds is 2. The molecular formula is C12H11FN2O. The zero-order chi connectivity index (χ0) is 11.5. The van der Waals surface area contributed by atoms with Gasteiger partial charge in [0.2, 0.25) is 0 Å². The summed E-state index contributed by atoms with van der Waals surface area (Å²) in [6.07, 6.45) is 1.58. The normalized spacial score (nSPS) is 10.4. The number of halogens is 1. The van der Waals surface area contributed by atoms with E-state index in [0.717, 1.165) is 11.1 Å². The van der Waals surface area contributed by atoms with Crippen LogP contribution in [0.15, 0.2) is 30.5 Å². The molecular weight excluding hydrogens is 207 g/mol. The van der Waals surface area contributed by atoms with Crippen molar-refractivity contribution in [1.29, 1.82) is 0 Å². The molecule has 2 rings (SSSR count). The maximum absolute atomic E-state index is 12.9. The fourth-order valence-corrected chi connectivity index (χ4v) is 1.49. The molecule has 2 aromatic rings. The van der Waals surface area contributed by atoms with Gasteiger partial charge in [0.25, 0.3) is 0 Å². The Labute approximate surface area is 92.6 Å². The van der Waals surface area contributed by atoms with Crippen molar-refractivity contribution in [1.82, 2.24) is 9.97 Å². The van der Waals surface area contributed by atoms with Crippen LogP contribution in [0.1, 0.15) is 11.3 Å². The van der Waals surface area contributed by atoms with Gasteiger partial charge in [-0.1, -0.05) is 0 Å². The molecule has 0 fully saturated rings. The summed E-state index contributed by atoms with van der Waals surface area (Å²) in [6, 6.07) is 6.09. The van der Waals surface area contributed by atoms with Gasteiger partial charge in [0.15, 0.2) is 5.82 Å². The predicted molar refractivity (Wildman–Crippen MR) is 58.1 cm³/mol. The van der Waals surface area contributed by atoms with Gasteiger partial charge in [0, 0.05) is 11.8 Å². The first-order valence-corrected chi connectivity index (χ1v) is 4.90. The minimum atomic E-state index is -0.278. The van der Waals surface area contributed by atoms with Crippen molar-refractivity contribution in [3.63, 3.8) is 0 Å². The maximum Gasteiger partial charge on any atom is 0.159 e. The van der Waals surface area contributed by atoms with Crippen LogP contribution in [0.3, 0.4) is 0 Å². The lowest BCUT2D eigenvalue weighted by atomic mass is 10.1. The molecule has 0 amide bonds. The minimum absolute atomic E-state index is 0.129. The maximum atomic E-state index is 12.9. The molecule has 0 radical (unpaired) electrons. The molecule has 0 bridgehead atoms. The second kappa shape index (κ2) is 4.37. The largest absolute Gasteiger partial charge is 0.390 e. The van der Waals surface area contributed by atoms with Crippen LogP contribution in [0.5, 0.6) is 0 Å². The van der Waals surface area contributed by atoms with Crippen molar-refractivity contribution in [2.45, 2.75) is 13.5 Å². The van der Waals surface area contributed by atoms with Crippen LogP contribution < -0.4 is 0 Å². The van der Waals surface area contributed by atoms with Gasteiger partial charge >= 0.3 is 0 Å². The van der Waals surface area contributed by atoms with Crippen LogP contribution in [0, 0.1) is 12.7 Å². The van der Waals surface area contributed by atoms with E-state index in [-0.39, 0.29) is 12.4 Å². The topological polar surface area (TPSA) is 46.0 Å². The SMILES string of the molecule is Cc1cc(F)ccc1-c1nccc(CO)n1. The Bertz CT molecular complexity index is 514. The molecule has 0 spiro atoms. The number of hydrogen-bond donors (Lipinski definition) is 1. The van der Waals surface area contributed by atoms with Crippen LogP contribution in [0.4, 0.5) is 4.39 Å². The first kappa shape index (κ1) is 10.7. The average Bonchev–Trinajstić information content (AvgIpc) is 2.29. The highest BCUT2D eigenvalue weighted by Gasteiger charge is 2.06. The van der Waals surface area contributed by atoms with Gasteiger partial charge in [-0.25, -0.2) is 14.4 Å². The number of benzene rings is 1. The summed E-state index contributed by atoms with van der Waals surface area (Å²) < 4.78 is 12.9. The quantitative estimate of drug-likeness (QED) is 0.839. The number of nitrogens with zero attached hydrogens (tertiary/aromatic N) is 2. The van der Waals surface area contributed by atoms with Gasteiger partial charge in [-0.15, -0.1) is 0 Å². The van der Waals surface area contributed by atoms with E-state index in [1.165, 1.54) is 12.1 Å². The third kappa shape index (κ3) is 2.06. The lowest BCUT2D eigenvalue weighted by Gasteiger charge is -2.05. The van der Waals surface area contributed by atoms with E-state index in [1.807, 2.05) is 0 Å². The second-order valence-electron chi connectivity index (χ2n) is 3.49. The molecule has 0 saturated heterocycles. The Morgan fingerprint density at radius 3 is 2.81 bits per heavy atom. The smallest absolute Gasteiger partial charge is 0.159 e. The summed E-state index contributed by atoms with van der Waals surface area (Å²) in [5.74, 6) is 0.226. The molecule has 1 aromatic carbocycles. The zero-order valence-electron chi connectivity index (χ0n) is 8.81. The fourth-order valence-electron chi connectivity index (χ4n) is 1.49. The Morgan fingerprint density at radius 2 is 2.12 bits per heavy atom. The van der Waals surface area contributed by atoms with E-state index in [9.17, 15) is 4.39 Å². The van der Waals surface area contributed by atoms with E-state index in [2.05, 4.69) is 9.97 Å². The molecule has 0 aliphatic rings. The van der Waals surface area contributed by atoms with Gasteiger partial charge in [-0.2, -0.15) is 0 Å². The van der Waals surface area contributed by atoms with Crippen LogP contribution in [-0.4, -0.2) is 15.1 Å². The Balaban J connectivity index is 2.49. The van der Waals surface area contributed by atoms with Crippen molar-refractivity contribution in [3.05, 3.63) is 47.5 Å². The number of aromatic nitrogens is 2. The molecule has 4 heteroatoms. The van der Waals surface area contributed by atoms with Crippen LogP contribution in [0.25, 0.3) is 11.4 Å². The molecule has 82 valence electrons. The van der Waals surface area contributed by atoms with Gasteiger partial charge in [-0.05, 0) is 36.8 Å². The monoisotopic (exact) mass is 218 g/mol. The molecule has 3 nitrogen and oxygen atoms in total. The molecule has 1 N–H and O–H groups in total. The van der Waals surface area contributed by atoms with Crippen LogP contribution >= 0.6 is 0 Å². The molecule has 0 aliphatic carbocycles. The Kier molecular flexibility index (Phi) is 2.92. The molecule has 0 aliphatic heterocycles. The summed E-state index contributed by atoms with van der Waals surface area (Å²) in [5.41, 5.74) is 2.10. The van der Waals surface area contributed by atoms with Crippen molar-refractivity contribution >= 4 is 0 Å². The lowest BCUT2D eigenvalue weighted by Crippen LogP contribution is -1.96. The molecule has 1 heterocycles. The number of aliphatic hydroxyl groups excluding tert-OH is 1. The third-order valence-corrected chi connectivity index (χ3v) is 2.30. The first-order valence-electron chi connectivity index (χ1n) is 4.90. The second-order valence-corrected chi connectivity index (χ2v) is 3.49. The summed E-state index contributed by atoms with van der Waals surface area (Å²) in [7, 11) is 0. The van der Waals surface area contributed by atoms with Crippen molar-refractivity contribution in [3.8, 4) is 11.4 Å². The number of hydrogen-bond acceptors (Lipinski definition) is 3. The predicted octanol–water partition coefficient (Wildman–Crippen LogP) is 2.08. The van der Waals surface area contributed by atoms with E-state index in [0.29, 0.717) is 11.5 Å². The number of aryl methyl sites for hydroxylation is 1. The summed E-state index contributed by atoms with van der Waals surface area (Å²) in [4.78, 5) is 8.27. The summed E-state index contributed by atoms with van der Waals surface area (Å²) in [5, 5.41) is 8.97. The van der Waals surface area contributed by atoms with E-state index in [4.69, 9.17) is 5.11 Å². The highest BCUT2D eigenvalue weighted by molar-refractivity contribution is 5.59. The van der Waals surface area contributed by atoms with E-state index >= 15 is 0 Å². The zero-order valence-corrected chi connectivity index (χ0v) is 8.81. The number of aliphatic hydroxyl groups is 1. The molecule has 0 unspecified atom stereocenters. The van der Waals surface area contributed by atoms with Crippen molar-refractivity contribution in [2.75, 3.05) is 0 Å². The Hall–Kier alpha value is -1.81. The third-order valence-electron chi connectivity index (χ3n) is 2.30. The van der Waals surface area contributed by atoms with Crippen molar-refractivity contribution in [2.24, 2.45) is 0 Å². The van der Waals surface area contributed by atoms with Gasteiger partial charge in [0.1, 0.15) is 5.82 Å². The van der Waals surface area contributed by atoms with Gasteiger partial charge in [0.05, 0.1) is 12.3 Å². The van der Waals surface area contributed by atoms with E-state index in [1.54, 1.807) is 25.3 Å². The molecule has 16 heavy (non-hydrogen) atoms.